The molecule has 5 rings (SSSR count). The Morgan fingerprint density at radius 1 is 1.08 bits per heavy atom. The van der Waals surface area contributed by atoms with Crippen molar-refractivity contribution >= 4 is 42.6 Å². The van der Waals surface area contributed by atoms with Gasteiger partial charge in [0, 0.05) is 18.7 Å². The van der Waals surface area contributed by atoms with Crippen LogP contribution in [0.1, 0.15) is 11.1 Å². The molecule has 0 fully saturated rings. The van der Waals surface area contributed by atoms with Crippen LogP contribution in [0.3, 0.4) is 0 Å². The molecular weight excluding hydrogens is 529 g/mol. The molecule has 9 nitrogen and oxygen atoms in total. The van der Waals surface area contributed by atoms with Crippen LogP contribution in [0.4, 0.5) is 4.39 Å². The van der Waals surface area contributed by atoms with Gasteiger partial charge < -0.3 is 15.2 Å². The lowest BCUT2D eigenvalue weighted by Crippen LogP contribution is -2.28. The van der Waals surface area contributed by atoms with E-state index in [2.05, 4.69) is 14.7 Å². The molecule has 0 atom stereocenters. The van der Waals surface area contributed by atoms with Crippen LogP contribution >= 0.6 is 11.3 Å². The summed E-state index contributed by atoms with van der Waals surface area (Å²) in [7, 11) is -2.22. The summed E-state index contributed by atoms with van der Waals surface area (Å²) >= 11 is 1.49. The van der Waals surface area contributed by atoms with Gasteiger partial charge in [-0.15, -0.1) is 11.3 Å². The van der Waals surface area contributed by atoms with Crippen molar-refractivity contribution in [3.8, 4) is 22.2 Å². The summed E-state index contributed by atoms with van der Waals surface area (Å²) in [5.74, 6) is 0.508. The second kappa shape index (κ2) is 10.6. The number of thiazole rings is 1. The molecule has 196 valence electrons. The summed E-state index contributed by atoms with van der Waals surface area (Å²) in [6.07, 6.45) is 1.57. The third-order valence-corrected chi connectivity index (χ3v) is 8.32. The number of hydrogen-bond acceptors (Lipinski definition) is 9. The number of aryl methyl sites for hydroxylation is 1. The number of halogens is 1. The maximum absolute atomic E-state index is 13.1. The molecule has 2 aromatic heterocycles. The lowest BCUT2D eigenvalue weighted by molar-refractivity contribution is 0.323. The Bertz CT molecular complexity index is 1740. The number of aromatic nitrogens is 3. The largest absolute Gasteiger partial charge is 0.492 e. The maximum atomic E-state index is 13.1. The molecule has 0 aliphatic rings. The van der Waals surface area contributed by atoms with Gasteiger partial charge in [-0.1, -0.05) is 0 Å². The van der Waals surface area contributed by atoms with Crippen LogP contribution in [-0.4, -0.2) is 43.6 Å². The first-order valence-corrected chi connectivity index (χ1v) is 13.9. The minimum Gasteiger partial charge on any atom is -0.492 e. The molecule has 0 spiro atoms. The highest BCUT2D eigenvalue weighted by Crippen LogP contribution is 2.37. The zero-order valence-corrected chi connectivity index (χ0v) is 22.2. The van der Waals surface area contributed by atoms with E-state index in [1.54, 1.807) is 13.3 Å². The molecule has 0 radical (unpaired) electrons. The molecule has 0 saturated carbocycles. The lowest BCUT2D eigenvalue weighted by atomic mass is 10.1. The fraction of sp³-hybridized carbons (Fsp3) is 0.192. The first-order chi connectivity index (χ1) is 18.3. The Kier molecular flexibility index (Phi) is 7.21. The number of rotatable bonds is 9. The van der Waals surface area contributed by atoms with E-state index in [4.69, 9.17) is 20.2 Å². The van der Waals surface area contributed by atoms with Gasteiger partial charge in [0.25, 0.3) is 0 Å². The standard InChI is InChI=1S/C26H24FN5O4S2/c1-15-9-18(36-8-7-30-38(33,34)19-5-3-17(27)4-6-19)12-22-24(15)32-26(37-22)20-10-16(13-28)11-21-25(20)29-14-23(31-21)35-2/h3-6,9-12,14,30H,7-8,13,28H2,1-2H3. The van der Waals surface area contributed by atoms with Crippen LogP contribution in [0.25, 0.3) is 31.8 Å². The van der Waals surface area contributed by atoms with E-state index < -0.39 is 15.8 Å². The highest BCUT2D eigenvalue weighted by atomic mass is 32.2. The number of hydrogen-bond donors (Lipinski definition) is 2. The quantitative estimate of drug-likeness (QED) is 0.260. The summed E-state index contributed by atoms with van der Waals surface area (Å²) in [4.78, 5) is 13.9. The van der Waals surface area contributed by atoms with Crippen LogP contribution in [-0.2, 0) is 16.6 Å². The number of ether oxygens (including phenoxy) is 2. The Morgan fingerprint density at radius 3 is 2.61 bits per heavy atom. The second-order valence-electron chi connectivity index (χ2n) is 8.43. The fourth-order valence-corrected chi connectivity index (χ4v) is 6.05. The number of sulfonamides is 1. The predicted molar refractivity (Wildman–Crippen MR) is 144 cm³/mol. The summed E-state index contributed by atoms with van der Waals surface area (Å²) < 4.78 is 52.3. The summed E-state index contributed by atoms with van der Waals surface area (Å²) in [5, 5.41) is 0.770. The van der Waals surface area contributed by atoms with Gasteiger partial charge in [-0.05, 0) is 66.6 Å². The molecule has 0 unspecified atom stereocenters. The van der Waals surface area contributed by atoms with Crippen molar-refractivity contribution in [3.05, 3.63) is 71.7 Å². The Balaban J connectivity index is 1.37. The monoisotopic (exact) mass is 553 g/mol. The van der Waals surface area contributed by atoms with Crippen molar-refractivity contribution in [3.63, 3.8) is 0 Å². The van der Waals surface area contributed by atoms with Crippen LogP contribution in [0.15, 0.2) is 59.6 Å². The normalized spacial score (nSPS) is 11.8. The molecule has 38 heavy (non-hydrogen) atoms. The second-order valence-corrected chi connectivity index (χ2v) is 11.2. The maximum Gasteiger partial charge on any atom is 0.240 e. The van der Waals surface area contributed by atoms with Gasteiger partial charge in [0.15, 0.2) is 0 Å². The smallest absolute Gasteiger partial charge is 0.240 e. The number of nitrogens with zero attached hydrogens (tertiary/aromatic N) is 3. The Hall–Kier alpha value is -3.71. The van der Waals surface area contributed by atoms with Crippen LogP contribution in [0.5, 0.6) is 11.6 Å². The van der Waals surface area contributed by atoms with Crippen molar-refractivity contribution in [2.24, 2.45) is 5.73 Å². The topological polar surface area (TPSA) is 129 Å². The number of fused-ring (bicyclic) bond motifs is 2. The zero-order chi connectivity index (χ0) is 26.9. The number of benzene rings is 3. The molecular formula is C26H24FN5O4S2. The SMILES string of the molecule is COc1cnc2c(-c3nc4c(C)cc(OCCNS(=O)(=O)c5ccc(F)cc5)cc4s3)cc(CN)cc2n1. The van der Waals surface area contributed by atoms with Crippen molar-refractivity contribution in [2.45, 2.75) is 18.4 Å². The summed E-state index contributed by atoms with van der Waals surface area (Å²) in [5.41, 5.74) is 10.8. The molecule has 0 amide bonds. The minimum atomic E-state index is -3.76. The van der Waals surface area contributed by atoms with Crippen molar-refractivity contribution in [2.75, 3.05) is 20.3 Å². The van der Waals surface area contributed by atoms with E-state index in [1.807, 2.05) is 31.2 Å². The molecule has 3 aromatic carbocycles. The van der Waals surface area contributed by atoms with E-state index in [-0.39, 0.29) is 18.0 Å². The minimum absolute atomic E-state index is 0.0114. The third-order valence-electron chi connectivity index (χ3n) is 5.81. The lowest BCUT2D eigenvalue weighted by Gasteiger charge is -2.09. The van der Waals surface area contributed by atoms with Crippen LogP contribution in [0, 0.1) is 12.7 Å². The van der Waals surface area contributed by atoms with Crippen molar-refractivity contribution in [1.82, 2.24) is 19.7 Å². The molecule has 0 saturated heterocycles. The molecule has 0 aliphatic carbocycles. The van der Waals surface area contributed by atoms with Gasteiger partial charge in [0.2, 0.25) is 15.9 Å². The number of nitrogens with one attached hydrogen (secondary N) is 1. The molecule has 0 aliphatic heterocycles. The third kappa shape index (κ3) is 5.29. The van der Waals surface area contributed by atoms with Gasteiger partial charge >= 0.3 is 0 Å². The first-order valence-electron chi connectivity index (χ1n) is 11.6. The highest BCUT2D eigenvalue weighted by molar-refractivity contribution is 7.89. The molecule has 2 heterocycles. The van der Waals surface area contributed by atoms with Gasteiger partial charge in [0.05, 0.1) is 39.5 Å². The van der Waals surface area contributed by atoms with Crippen molar-refractivity contribution in [1.29, 1.82) is 0 Å². The van der Waals surface area contributed by atoms with E-state index >= 15 is 0 Å². The van der Waals surface area contributed by atoms with E-state index in [1.165, 1.54) is 23.5 Å². The zero-order valence-electron chi connectivity index (χ0n) is 20.6. The van der Waals surface area contributed by atoms with E-state index in [9.17, 15) is 12.8 Å². The van der Waals surface area contributed by atoms with Gasteiger partial charge in [-0.25, -0.2) is 32.5 Å². The number of methoxy groups -OCH3 is 1. The molecule has 0 bridgehead atoms. The molecule has 3 N–H and O–H groups in total. The molecule has 12 heteroatoms. The average Bonchev–Trinajstić information content (AvgIpc) is 3.35. The van der Waals surface area contributed by atoms with Gasteiger partial charge in [-0.3, -0.25) is 0 Å². The van der Waals surface area contributed by atoms with Crippen LogP contribution < -0.4 is 19.9 Å². The van der Waals surface area contributed by atoms with Crippen molar-refractivity contribution < 1.29 is 22.3 Å². The predicted octanol–water partition coefficient (Wildman–Crippen LogP) is 4.18. The first kappa shape index (κ1) is 25.9. The molecule has 5 aromatic rings. The van der Waals surface area contributed by atoms with E-state index in [0.717, 1.165) is 44.0 Å². The Morgan fingerprint density at radius 2 is 1.87 bits per heavy atom. The fourth-order valence-electron chi connectivity index (χ4n) is 3.95. The van der Waals surface area contributed by atoms with Crippen LogP contribution in [0.2, 0.25) is 0 Å². The highest BCUT2D eigenvalue weighted by Gasteiger charge is 2.17. The van der Waals surface area contributed by atoms with Gasteiger partial charge in [-0.2, -0.15) is 0 Å². The Labute approximate surface area is 222 Å². The average molecular weight is 554 g/mol. The summed E-state index contributed by atoms with van der Waals surface area (Å²) in [6.45, 7) is 2.44. The van der Waals surface area contributed by atoms with Gasteiger partial charge in [0.1, 0.15) is 23.2 Å². The number of nitrogens with two attached hydrogens (primary N) is 1. The summed E-state index contributed by atoms with van der Waals surface area (Å²) in [6, 6.07) is 12.2. The van der Waals surface area contributed by atoms with E-state index in [0.29, 0.717) is 29.2 Å².